The molecule has 24 heavy (non-hydrogen) atoms. The summed E-state index contributed by atoms with van der Waals surface area (Å²) < 4.78 is 0. The zero-order valence-electron chi connectivity index (χ0n) is 12.4. The van der Waals surface area contributed by atoms with E-state index in [1.165, 1.54) is 0 Å². The van der Waals surface area contributed by atoms with Gasteiger partial charge in [0.2, 0.25) is 5.28 Å². The van der Waals surface area contributed by atoms with Crippen LogP contribution >= 0.6 is 11.6 Å². The van der Waals surface area contributed by atoms with Crippen LogP contribution in [-0.4, -0.2) is 19.9 Å². The van der Waals surface area contributed by atoms with Crippen molar-refractivity contribution in [1.29, 1.82) is 5.26 Å². The van der Waals surface area contributed by atoms with Gasteiger partial charge < -0.3 is 10.3 Å². The number of aromatic nitrogens is 4. The number of nitriles is 1. The lowest BCUT2D eigenvalue weighted by Gasteiger charge is -2.09. The molecule has 0 fully saturated rings. The van der Waals surface area contributed by atoms with Gasteiger partial charge in [-0.1, -0.05) is 6.07 Å². The van der Waals surface area contributed by atoms with Gasteiger partial charge in [0.15, 0.2) is 0 Å². The molecule has 0 aliphatic heterocycles. The minimum absolute atomic E-state index is 0.164. The highest BCUT2D eigenvalue weighted by atomic mass is 35.5. The van der Waals surface area contributed by atoms with Crippen molar-refractivity contribution in [2.24, 2.45) is 0 Å². The predicted molar refractivity (Wildman–Crippen MR) is 92.7 cm³/mol. The van der Waals surface area contributed by atoms with Gasteiger partial charge in [-0.15, -0.1) is 0 Å². The third-order valence-electron chi connectivity index (χ3n) is 3.74. The first kappa shape index (κ1) is 14.4. The number of H-pyrrole nitrogens is 1. The average molecular weight is 335 g/mol. The molecule has 0 amide bonds. The molecule has 0 aliphatic rings. The van der Waals surface area contributed by atoms with Crippen LogP contribution in [0.15, 0.2) is 42.7 Å². The molecule has 2 N–H and O–H groups in total. The Kier molecular flexibility index (Phi) is 3.48. The molecule has 2 heterocycles. The monoisotopic (exact) mass is 334 g/mol. The number of halogens is 1. The Morgan fingerprint density at radius 1 is 1.12 bits per heavy atom. The first-order valence-electron chi connectivity index (χ1n) is 7.26. The highest BCUT2D eigenvalue weighted by molar-refractivity contribution is 6.28. The van der Waals surface area contributed by atoms with E-state index in [4.69, 9.17) is 16.9 Å². The maximum absolute atomic E-state index is 9.08. The Labute approximate surface area is 142 Å². The van der Waals surface area contributed by atoms with E-state index in [2.05, 4.69) is 31.3 Å². The van der Waals surface area contributed by atoms with Crippen molar-refractivity contribution in [2.75, 3.05) is 5.32 Å². The molecule has 2 aromatic heterocycles. The lowest BCUT2D eigenvalue weighted by atomic mass is 10.1. The van der Waals surface area contributed by atoms with Gasteiger partial charge in [-0.2, -0.15) is 5.26 Å². The van der Waals surface area contributed by atoms with Gasteiger partial charge in [0.1, 0.15) is 5.82 Å². The molecule has 0 spiro atoms. The lowest BCUT2D eigenvalue weighted by Crippen LogP contribution is -2.03. The summed E-state index contributed by atoms with van der Waals surface area (Å²) in [5, 5.41) is 13.3. The molecule has 0 bridgehead atoms. The molecule has 7 heteroatoms. The van der Waals surface area contributed by atoms with Gasteiger partial charge in [0.05, 0.1) is 34.5 Å². The molecule has 0 saturated heterocycles. The van der Waals surface area contributed by atoms with Crippen molar-refractivity contribution in [3.8, 4) is 6.07 Å². The van der Waals surface area contributed by atoms with E-state index in [9.17, 15) is 0 Å². The van der Waals surface area contributed by atoms with Gasteiger partial charge >= 0.3 is 0 Å². The molecule has 6 nitrogen and oxygen atoms in total. The molecule has 4 aromatic rings. The number of benzene rings is 2. The van der Waals surface area contributed by atoms with E-state index in [1.54, 1.807) is 24.5 Å². The fourth-order valence-corrected chi connectivity index (χ4v) is 2.75. The van der Waals surface area contributed by atoms with E-state index in [1.807, 2.05) is 18.2 Å². The lowest BCUT2D eigenvalue weighted by molar-refractivity contribution is 1.10. The summed E-state index contributed by atoms with van der Waals surface area (Å²) in [6, 6.07) is 13.4. The number of hydrogen-bond donors (Lipinski definition) is 2. The van der Waals surface area contributed by atoms with E-state index < -0.39 is 0 Å². The zero-order chi connectivity index (χ0) is 16.5. The van der Waals surface area contributed by atoms with Crippen molar-refractivity contribution in [1.82, 2.24) is 19.9 Å². The largest absolute Gasteiger partial charge is 0.365 e. The normalized spacial score (nSPS) is 10.8. The molecule has 0 unspecified atom stereocenters. The van der Waals surface area contributed by atoms with Gasteiger partial charge in [0, 0.05) is 11.9 Å². The summed E-state index contributed by atoms with van der Waals surface area (Å²) in [6.45, 7) is 0.558. The van der Waals surface area contributed by atoms with Crippen LogP contribution in [0, 0.1) is 11.3 Å². The van der Waals surface area contributed by atoms with Gasteiger partial charge in [-0.05, 0) is 47.5 Å². The van der Waals surface area contributed by atoms with Crippen LogP contribution in [0.5, 0.6) is 0 Å². The summed E-state index contributed by atoms with van der Waals surface area (Å²) in [5.74, 6) is 0.601. The predicted octanol–water partition coefficient (Wildman–Crippen LogP) is 3.64. The SMILES string of the molecule is N#Cc1ccc2nc(Cl)nc(NCc3ccc4[nH]cnc4c3)c2c1. The number of imidazole rings is 1. The second-order valence-corrected chi connectivity index (χ2v) is 5.63. The molecular formula is C17H11ClN6. The summed E-state index contributed by atoms with van der Waals surface area (Å²) in [6.07, 6.45) is 1.67. The number of anilines is 1. The van der Waals surface area contributed by atoms with Crippen LogP contribution in [0.2, 0.25) is 5.28 Å². The van der Waals surface area contributed by atoms with Gasteiger partial charge in [0.25, 0.3) is 0 Å². The minimum atomic E-state index is 0.164. The summed E-state index contributed by atoms with van der Waals surface area (Å²) in [4.78, 5) is 15.8. The quantitative estimate of drug-likeness (QED) is 0.558. The standard InChI is InChI=1S/C17H11ClN6/c18-17-23-13-3-1-10(7-19)5-12(13)16(24-17)20-8-11-2-4-14-15(6-11)22-9-21-14/h1-6,9H,8H2,(H,21,22)(H,20,23,24). The Hall–Kier alpha value is -3.17. The van der Waals surface area contributed by atoms with Gasteiger partial charge in [-0.25, -0.2) is 15.0 Å². The second kappa shape index (κ2) is 5.80. The van der Waals surface area contributed by atoms with E-state index in [0.29, 0.717) is 23.4 Å². The highest BCUT2D eigenvalue weighted by Gasteiger charge is 2.08. The smallest absolute Gasteiger partial charge is 0.224 e. The molecule has 0 aliphatic carbocycles. The third-order valence-corrected chi connectivity index (χ3v) is 3.91. The van der Waals surface area contributed by atoms with Crippen LogP contribution in [0.25, 0.3) is 21.9 Å². The van der Waals surface area contributed by atoms with Crippen molar-refractivity contribution in [2.45, 2.75) is 6.54 Å². The second-order valence-electron chi connectivity index (χ2n) is 5.29. The molecule has 0 saturated carbocycles. The molecule has 0 radical (unpaired) electrons. The summed E-state index contributed by atoms with van der Waals surface area (Å²) >= 11 is 6.00. The summed E-state index contributed by atoms with van der Waals surface area (Å²) in [5.41, 5.74) is 4.21. The Balaban J connectivity index is 1.69. The Morgan fingerprint density at radius 3 is 2.92 bits per heavy atom. The first-order valence-corrected chi connectivity index (χ1v) is 7.64. The minimum Gasteiger partial charge on any atom is -0.365 e. The number of aromatic amines is 1. The highest BCUT2D eigenvalue weighted by Crippen LogP contribution is 2.24. The van der Waals surface area contributed by atoms with Crippen LogP contribution in [-0.2, 0) is 6.54 Å². The average Bonchev–Trinajstić information content (AvgIpc) is 3.07. The maximum Gasteiger partial charge on any atom is 0.224 e. The van der Waals surface area contributed by atoms with Crippen LogP contribution in [0.3, 0.4) is 0 Å². The van der Waals surface area contributed by atoms with E-state index >= 15 is 0 Å². The maximum atomic E-state index is 9.08. The number of nitrogens with one attached hydrogen (secondary N) is 2. The topological polar surface area (TPSA) is 90.3 Å². The van der Waals surface area contributed by atoms with E-state index in [-0.39, 0.29) is 5.28 Å². The van der Waals surface area contributed by atoms with E-state index in [0.717, 1.165) is 22.0 Å². The van der Waals surface area contributed by atoms with Crippen LogP contribution < -0.4 is 5.32 Å². The van der Waals surface area contributed by atoms with Crippen LogP contribution in [0.1, 0.15) is 11.1 Å². The third kappa shape index (κ3) is 2.62. The molecule has 0 atom stereocenters. The molecule has 4 rings (SSSR count). The number of nitrogens with zero attached hydrogens (tertiary/aromatic N) is 4. The number of fused-ring (bicyclic) bond motifs is 2. The molecular weight excluding hydrogens is 324 g/mol. The number of hydrogen-bond acceptors (Lipinski definition) is 5. The van der Waals surface area contributed by atoms with Crippen molar-refractivity contribution < 1.29 is 0 Å². The number of rotatable bonds is 3. The van der Waals surface area contributed by atoms with Gasteiger partial charge in [-0.3, -0.25) is 0 Å². The summed E-state index contributed by atoms with van der Waals surface area (Å²) in [7, 11) is 0. The van der Waals surface area contributed by atoms with Crippen LogP contribution in [0.4, 0.5) is 5.82 Å². The van der Waals surface area contributed by atoms with Crippen molar-refractivity contribution >= 4 is 39.4 Å². The molecule has 116 valence electrons. The fraction of sp³-hybridized carbons (Fsp3) is 0.0588. The first-order chi connectivity index (χ1) is 11.7. The zero-order valence-corrected chi connectivity index (χ0v) is 13.2. The molecule has 2 aromatic carbocycles. The fourth-order valence-electron chi connectivity index (χ4n) is 2.58. The Bertz CT molecular complexity index is 1100. The van der Waals surface area contributed by atoms with Crippen molar-refractivity contribution in [3.05, 3.63) is 59.1 Å². The van der Waals surface area contributed by atoms with Crippen molar-refractivity contribution in [3.63, 3.8) is 0 Å². The Morgan fingerprint density at radius 2 is 2.04 bits per heavy atom.